The standard InChI is InChI=1S/C18H25N5O2/c1-13(2)23-11-16(20-21-23)18(25)8-9-22(12-18)10-14-4-6-15(7-5-14)17(24)19-3/h4-7,11,13,25H,8-10,12H2,1-3H3,(H,19,24)/t18-/m0/s1. The van der Waals surface area contributed by atoms with E-state index in [1.807, 2.05) is 44.3 Å². The molecule has 2 heterocycles. The maximum Gasteiger partial charge on any atom is 0.251 e. The van der Waals surface area contributed by atoms with E-state index in [0.717, 1.165) is 18.7 Å². The molecule has 1 aromatic carbocycles. The normalized spacial score (nSPS) is 21.0. The van der Waals surface area contributed by atoms with E-state index in [1.165, 1.54) is 0 Å². The molecule has 0 unspecified atom stereocenters. The molecule has 3 rings (SSSR count). The van der Waals surface area contributed by atoms with Crippen LogP contribution in [0.1, 0.15) is 47.9 Å². The van der Waals surface area contributed by atoms with Crippen molar-refractivity contribution in [1.82, 2.24) is 25.2 Å². The first-order valence-corrected chi connectivity index (χ1v) is 8.59. The summed E-state index contributed by atoms with van der Waals surface area (Å²) in [6.07, 6.45) is 2.48. The van der Waals surface area contributed by atoms with Crippen LogP contribution in [-0.4, -0.2) is 51.0 Å². The summed E-state index contributed by atoms with van der Waals surface area (Å²) < 4.78 is 1.77. The van der Waals surface area contributed by atoms with E-state index in [-0.39, 0.29) is 11.9 Å². The summed E-state index contributed by atoms with van der Waals surface area (Å²) in [6.45, 7) is 6.12. The lowest BCUT2D eigenvalue weighted by atomic mass is 10.00. The van der Waals surface area contributed by atoms with Gasteiger partial charge >= 0.3 is 0 Å². The first-order chi connectivity index (χ1) is 11.9. The second-order valence-electron chi connectivity index (χ2n) is 6.95. The molecule has 0 spiro atoms. The number of hydrogen-bond acceptors (Lipinski definition) is 5. The minimum absolute atomic E-state index is 0.0877. The monoisotopic (exact) mass is 343 g/mol. The van der Waals surface area contributed by atoms with Gasteiger partial charge in [-0.25, -0.2) is 4.68 Å². The topological polar surface area (TPSA) is 83.3 Å². The highest BCUT2D eigenvalue weighted by Gasteiger charge is 2.40. The van der Waals surface area contributed by atoms with Crippen molar-refractivity contribution in [3.63, 3.8) is 0 Å². The summed E-state index contributed by atoms with van der Waals surface area (Å²) in [7, 11) is 1.62. The van der Waals surface area contributed by atoms with Crippen LogP contribution in [-0.2, 0) is 12.1 Å². The Hall–Kier alpha value is -2.25. The first-order valence-electron chi connectivity index (χ1n) is 8.59. The second kappa shape index (κ2) is 6.93. The molecular formula is C18H25N5O2. The van der Waals surface area contributed by atoms with Crippen molar-refractivity contribution in [3.05, 3.63) is 47.3 Å². The van der Waals surface area contributed by atoms with Crippen LogP contribution in [0.15, 0.2) is 30.5 Å². The molecule has 1 aliphatic heterocycles. The Morgan fingerprint density at radius 3 is 2.68 bits per heavy atom. The molecule has 25 heavy (non-hydrogen) atoms. The van der Waals surface area contributed by atoms with Gasteiger partial charge in [0.05, 0.1) is 6.20 Å². The molecule has 1 saturated heterocycles. The number of carbonyl (C=O) groups excluding carboxylic acids is 1. The zero-order chi connectivity index (χ0) is 18.0. The van der Waals surface area contributed by atoms with Gasteiger partial charge in [0.25, 0.3) is 5.91 Å². The zero-order valence-corrected chi connectivity index (χ0v) is 14.9. The van der Waals surface area contributed by atoms with Crippen LogP contribution in [0.25, 0.3) is 0 Å². The van der Waals surface area contributed by atoms with Gasteiger partial charge in [-0.1, -0.05) is 17.3 Å². The molecule has 0 aliphatic carbocycles. The molecule has 1 aromatic heterocycles. The molecule has 134 valence electrons. The molecule has 2 N–H and O–H groups in total. The zero-order valence-electron chi connectivity index (χ0n) is 14.9. The molecule has 1 fully saturated rings. The molecule has 2 aromatic rings. The Bertz CT molecular complexity index is 740. The van der Waals surface area contributed by atoms with E-state index in [0.29, 0.717) is 24.2 Å². The number of β-amino-alcohol motifs (C(OH)–C–C–N with tert-alkyl or cyclic N) is 1. The van der Waals surface area contributed by atoms with Gasteiger partial charge in [0.1, 0.15) is 11.3 Å². The lowest BCUT2D eigenvalue weighted by Gasteiger charge is -2.21. The minimum Gasteiger partial charge on any atom is -0.382 e. The third-order valence-electron chi connectivity index (χ3n) is 4.69. The van der Waals surface area contributed by atoms with E-state index < -0.39 is 5.60 Å². The van der Waals surface area contributed by atoms with E-state index in [2.05, 4.69) is 20.5 Å². The lowest BCUT2D eigenvalue weighted by molar-refractivity contribution is 0.0408. The van der Waals surface area contributed by atoms with Crippen molar-refractivity contribution < 1.29 is 9.90 Å². The average molecular weight is 343 g/mol. The summed E-state index contributed by atoms with van der Waals surface area (Å²) >= 11 is 0. The van der Waals surface area contributed by atoms with Gasteiger partial charge in [0.2, 0.25) is 0 Å². The Balaban J connectivity index is 1.65. The van der Waals surface area contributed by atoms with Crippen molar-refractivity contribution in [3.8, 4) is 0 Å². The highest BCUT2D eigenvalue weighted by atomic mass is 16.3. The quantitative estimate of drug-likeness (QED) is 0.855. The van der Waals surface area contributed by atoms with Crippen molar-refractivity contribution >= 4 is 5.91 Å². The number of hydrogen-bond donors (Lipinski definition) is 2. The molecule has 1 amide bonds. The highest BCUT2D eigenvalue weighted by Crippen LogP contribution is 2.31. The van der Waals surface area contributed by atoms with Crippen molar-refractivity contribution in [2.75, 3.05) is 20.1 Å². The Morgan fingerprint density at radius 2 is 2.08 bits per heavy atom. The van der Waals surface area contributed by atoms with E-state index in [9.17, 15) is 9.90 Å². The van der Waals surface area contributed by atoms with Gasteiger partial charge in [-0.2, -0.15) is 0 Å². The van der Waals surface area contributed by atoms with Gasteiger partial charge in [-0.05, 0) is 38.0 Å². The molecule has 0 saturated carbocycles. The number of aliphatic hydroxyl groups is 1. The van der Waals surface area contributed by atoms with Crippen LogP contribution in [0.3, 0.4) is 0 Å². The van der Waals surface area contributed by atoms with Crippen LogP contribution >= 0.6 is 0 Å². The van der Waals surface area contributed by atoms with Crippen LogP contribution in [0.4, 0.5) is 0 Å². The third-order valence-corrected chi connectivity index (χ3v) is 4.69. The smallest absolute Gasteiger partial charge is 0.251 e. The fourth-order valence-electron chi connectivity index (χ4n) is 3.12. The number of amides is 1. The molecule has 7 heteroatoms. The maximum absolute atomic E-state index is 11.6. The molecule has 7 nitrogen and oxygen atoms in total. The van der Waals surface area contributed by atoms with Crippen LogP contribution < -0.4 is 5.32 Å². The molecule has 1 atom stereocenters. The Morgan fingerprint density at radius 1 is 1.36 bits per heavy atom. The summed E-state index contributed by atoms with van der Waals surface area (Å²) in [5.41, 5.74) is 1.45. The van der Waals surface area contributed by atoms with Gasteiger partial charge in [-0.3, -0.25) is 9.69 Å². The number of carbonyl (C=O) groups is 1. The lowest BCUT2D eigenvalue weighted by Crippen LogP contribution is -2.31. The number of rotatable bonds is 5. The van der Waals surface area contributed by atoms with E-state index in [4.69, 9.17) is 0 Å². The van der Waals surface area contributed by atoms with E-state index in [1.54, 1.807) is 11.7 Å². The number of nitrogens with zero attached hydrogens (tertiary/aromatic N) is 4. The summed E-state index contributed by atoms with van der Waals surface area (Å²) in [5, 5.41) is 21.8. The van der Waals surface area contributed by atoms with Crippen LogP contribution in [0.5, 0.6) is 0 Å². The summed E-state index contributed by atoms with van der Waals surface area (Å²) in [5.74, 6) is -0.0877. The van der Waals surface area contributed by atoms with Gasteiger partial charge < -0.3 is 10.4 Å². The number of likely N-dealkylation sites (tertiary alicyclic amines) is 1. The van der Waals surface area contributed by atoms with Crippen LogP contribution in [0.2, 0.25) is 0 Å². The second-order valence-corrected chi connectivity index (χ2v) is 6.95. The highest BCUT2D eigenvalue weighted by molar-refractivity contribution is 5.93. The number of benzene rings is 1. The summed E-state index contributed by atoms with van der Waals surface area (Å²) in [6, 6.07) is 7.78. The Labute approximate surface area is 147 Å². The third kappa shape index (κ3) is 3.72. The van der Waals surface area contributed by atoms with E-state index >= 15 is 0 Å². The van der Waals surface area contributed by atoms with Crippen molar-refractivity contribution in [1.29, 1.82) is 0 Å². The maximum atomic E-state index is 11.6. The van der Waals surface area contributed by atoms with Crippen molar-refractivity contribution in [2.24, 2.45) is 0 Å². The van der Waals surface area contributed by atoms with Crippen molar-refractivity contribution in [2.45, 2.75) is 38.5 Å². The number of aromatic nitrogens is 3. The Kier molecular flexibility index (Phi) is 4.87. The SMILES string of the molecule is CNC(=O)c1ccc(CN2CC[C@@](O)(c3cn(C(C)C)nn3)C2)cc1. The summed E-state index contributed by atoms with van der Waals surface area (Å²) in [4.78, 5) is 13.8. The molecule has 1 aliphatic rings. The molecule has 0 bridgehead atoms. The average Bonchev–Trinajstić information content (AvgIpc) is 3.23. The molecular weight excluding hydrogens is 318 g/mol. The van der Waals surface area contributed by atoms with Crippen LogP contribution in [0, 0.1) is 0 Å². The first kappa shape index (κ1) is 17.6. The van der Waals surface area contributed by atoms with Gasteiger partial charge in [0.15, 0.2) is 0 Å². The van der Waals surface area contributed by atoms with Gasteiger partial charge in [0, 0.05) is 38.3 Å². The predicted molar refractivity (Wildman–Crippen MR) is 94.0 cm³/mol. The molecule has 0 radical (unpaired) electrons. The minimum atomic E-state index is -0.949. The fourth-order valence-corrected chi connectivity index (χ4v) is 3.12. The largest absolute Gasteiger partial charge is 0.382 e. The predicted octanol–water partition coefficient (Wildman–Crippen LogP) is 1.31. The van der Waals surface area contributed by atoms with Gasteiger partial charge in [-0.15, -0.1) is 5.10 Å². The number of nitrogens with one attached hydrogen (secondary N) is 1. The fraction of sp³-hybridized carbons (Fsp3) is 0.500.